The summed E-state index contributed by atoms with van der Waals surface area (Å²) in [5, 5.41) is 0. The van der Waals surface area contributed by atoms with Gasteiger partial charge in [-0.25, -0.2) is 0 Å². The van der Waals surface area contributed by atoms with E-state index in [1.807, 2.05) is 6.92 Å². The van der Waals surface area contributed by atoms with Crippen molar-refractivity contribution in [2.24, 2.45) is 0 Å². The van der Waals surface area contributed by atoms with Gasteiger partial charge in [-0.3, -0.25) is 4.89 Å². The predicted molar refractivity (Wildman–Crippen MR) is 22.2 cm³/mol. The molecule has 0 saturated carbocycles. The Morgan fingerprint density at radius 3 is 2.83 bits per heavy atom. The zero-order valence-electron chi connectivity index (χ0n) is 3.68. The molecule has 0 aliphatic carbocycles. The molecule has 0 amide bonds. The molecule has 0 aromatic carbocycles. The number of hydrogen-bond donors (Lipinski definition) is 0. The molecule has 3 heteroatoms. The molecule has 0 aromatic heterocycles. The third-order valence-electron chi connectivity index (χ3n) is 0.716. The number of hydrogen-bond acceptors (Lipinski definition) is 2. The van der Waals surface area contributed by atoms with E-state index in [9.17, 15) is 0 Å². The van der Waals surface area contributed by atoms with Crippen molar-refractivity contribution >= 4 is 7.48 Å². The Morgan fingerprint density at radius 1 is 1.83 bits per heavy atom. The Hall–Kier alpha value is -0.0151. The minimum Gasteiger partial charge on any atom is -0.311 e. The van der Waals surface area contributed by atoms with Gasteiger partial charge in [0.25, 0.3) is 0 Å². The molecule has 1 fully saturated rings. The van der Waals surface area contributed by atoms with E-state index in [2.05, 4.69) is 9.69 Å². The maximum atomic E-state index is 4.60. The highest BCUT2D eigenvalue weighted by atomic mass is 17.2. The quantitative estimate of drug-likeness (QED) is 0.312. The van der Waals surface area contributed by atoms with Gasteiger partial charge in [0.05, 0.1) is 6.10 Å². The minimum atomic E-state index is 0.269. The molecule has 0 spiro atoms. The molecule has 1 radical (unpaired) electrons. The lowest BCUT2D eigenvalue weighted by Crippen LogP contribution is -1.92. The molecule has 6 heavy (non-hydrogen) atoms. The van der Waals surface area contributed by atoms with Crippen molar-refractivity contribution in [3.8, 4) is 0 Å². The van der Waals surface area contributed by atoms with Gasteiger partial charge in [0.1, 0.15) is 0 Å². The van der Waals surface area contributed by atoms with Crippen LogP contribution in [-0.4, -0.2) is 13.6 Å². The lowest BCUT2D eigenvalue weighted by molar-refractivity contribution is -0.212. The molecule has 2 nitrogen and oxygen atoms in total. The van der Waals surface area contributed by atoms with Gasteiger partial charge in [0.2, 0.25) is 0 Å². The summed E-state index contributed by atoms with van der Waals surface area (Å²) in [6, 6.07) is 0. The van der Waals surface area contributed by atoms with Crippen LogP contribution in [0.3, 0.4) is 0 Å². The molecule has 1 rings (SSSR count). The van der Waals surface area contributed by atoms with Gasteiger partial charge in [0.15, 0.2) is 0 Å². The van der Waals surface area contributed by atoms with Crippen LogP contribution in [0.25, 0.3) is 0 Å². The first-order chi connectivity index (χ1) is 2.89. The molecule has 1 atom stereocenters. The average molecular weight is 84.9 g/mol. The van der Waals surface area contributed by atoms with E-state index in [0.717, 1.165) is 6.32 Å². The Bertz CT molecular complexity index is 42.1. The van der Waals surface area contributed by atoms with Crippen molar-refractivity contribution in [1.82, 2.24) is 0 Å². The van der Waals surface area contributed by atoms with Crippen LogP contribution in [0, 0.1) is 0 Å². The van der Waals surface area contributed by atoms with Gasteiger partial charge in [-0.1, -0.05) is 0 Å². The summed E-state index contributed by atoms with van der Waals surface area (Å²) in [7, 11) is 1.66. The first-order valence-electron chi connectivity index (χ1n) is 2.03. The van der Waals surface area contributed by atoms with E-state index < -0.39 is 0 Å². The Labute approximate surface area is 37.6 Å². The highest BCUT2D eigenvalue weighted by molar-refractivity contribution is 6.27. The third kappa shape index (κ3) is 0.728. The lowest BCUT2D eigenvalue weighted by atomic mass is 9.94. The smallest absolute Gasteiger partial charge is 0.311 e. The fourth-order valence-electron chi connectivity index (χ4n) is 0.348. The first kappa shape index (κ1) is 4.15. The van der Waals surface area contributed by atoms with E-state index >= 15 is 0 Å². The molecule has 0 N–H and O–H groups in total. The molecule has 1 unspecified atom stereocenters. The highest BCUT2D eigenvalue weighted by Crippen LogP contribution is 2.04. The van der Waals surface area contributed by atoms with Crippen molar-refractivity contribution in [3.05, 3.63) is 0 Å². The molecular formula is C3H6BO2. The van der Waals surface area contributed by atoms with Gasteiger partial charge in [-0.05, 0) is 13.2 Å². The fraction of sp³-hybridized carbons (Fsp3) is 1.00. The summed E-state index contributed by atoms with van der Waals surface area (Å²) < 4.78 is 0. The van der Waals surface area contributed by atoms with Crippen LogP contribution < -0.4 is 0 Å². The molecule has 0 aromatic rings. The van der Waals surface area contributed by atoms with Crippen LogP contribution in [0.4, 0.5) is 0 Å². The van der Waals surface area contributed by atoms with Crippen LogP contribution >= 0.6 is 0 Å². The SMILES string of the molecule is CC1C[B]OO1. The van der Waals surface area contributed by atoms with E-state index in [4.69, 9.17) is 0 Å². The second kappa shape index (κ2) is 1.62. The van der Waals surface area contributed by atoms with Gasteiger partial charge >= 0.3 is 7.48 Å². The fourth-order valence-corrected chi connectivity index (χ4v) is 0.348. The van der Waals surface area contributed by atoms with Crippen LogP contribution in [0.5, 0.6) is 0 Å². The van der Waals surface area contributed by atoms with Crippen molar-refractivity contribution in [1.29, 1.82) is 0 Å². The van der Waals surface area contributed by atoms with E-state index in [1.54, 1.807) is 7.48 Å². The van der Waals surface area contributed by atoms with Crippen molar-refractivity contribution in [2.45, 2.75) is 19.3 Å². The molecule has 1 heterocycles. The molecular weight excluding hydrogens is 78.8 g/mol. The summed E-state index contributed by atoms with van der Waals surface area (Å²) in [6.45, 7) is 1.96. The summed E-state index contributed by atoms with van der Waals surface area (Å²) in [4.78, 5) is 9.03. The van der Waals surface area contributed by atoms with Gasteiger partial charge in [0, 0.05) is 0 Å². The molecule has 1 aliphatic rings. The van der Waals surface area contributed by atoms with Crippen LogP contribution in [0.1, 0.15) is 6.92 Å². The topological polar surface area (TPSA) is 18.5 Å². The molecule has 1 aliphatic heterocycles. The van der Waals surface area contributed by atoms with Crippen molar-refractivity contribution < 1.29 is 9.69 Å². The maximum absolute atomic E-state index is 4.60. The van der Waals surface area contributed by atoms with E-state index in [-0.39, 0.29) is 6.10 Å². The van der Waals surface area contributed by atoms with Crippen LogP contribution in [0.2, 0.25) is 6.32 Å². The molecule has 0 bridgehead atoms. The Kier molecular flexibility index (Phi) is 1.12. The largest absolute Gasteiger partial charge is 0.347 e. The predicted octanol–water partition coefficient (Wildman–Crippen LogP) is 0.374. The van der Waals surface area contributed by atoms with E-state index in [1.165, 1.54) is 0 Å². The lowest BCUT2D eigenvalue weighted by Gasteiger charge is -1.92. The summed E-state index contributed by atoms with van der Waals surface area (Å²) in [6.07, 6.45) is 1.19. The standard InChI is InChI=1S/C3H6BO2/c1-3-2-4-6-5-3/h3H,2H2,1H3. The van der Waals surface area contributed by atoms with Gasteiger partial charge < -0.3 is 4.81 Å². The Morgan fingerprint density at radius 2 is 2.67 bits per heavy atom. The minimum absolute atomic E-state index is 0.269. The zero-order valence-corrected chi connectivity index (χ0v) is 3.68. The highest BCUT2D eigenvalue weighted by Gasteiger charge is 2.12. The zero-order chi connectivity index (χ0) is 4.41. The third-order valence-corrected chi connectivity index (χ3v) is 0.716. The van der Waals surface area contributed by atoms with Crippen LogP contribution in [-0.2, 0) is 9.69 Å². The maximum Gasteiger partial charge on any atom is 0.347 e. The monoisotopic (exact) mass is 85.0 g/mol. The normalized spacial score (nSPS) is 33.2. The second-order valence-electron chi connectivity index (χ2n) is 1.41. The summed E-state index contributed by atoms with van der Waals surface area (Å²) >= 11 is 0. The van der Waals surface area contributed by atoms with Crippen LogP contribution in [0.15, 0.2) is 0 Å². The first-order valence-corrected chi connectivity index (χ1v) is 2.03. The average Bonchev–Trinajstić information content (AvgIpc) is 1.86. The Balaban J connectivity index is 2.18. The summed E-state index contributed by atoms with van der Waals surface area (Å²) in [5.41, 5.74) is 0. The summed E-state index contributed by atoms with van der Waals surface area (Å²) in [5.74, 6) is 0. The molecule has 1 saturated heterocycles. The van der Waals surface area contributed by atoms with Gasteiger partial charge in [-0.2, -0.15) is 0 Å². The number of rotatable bonds is 0. The van der Waals surface area contributed by atoms with Crippen molar-refractivity contribution in [2.75, 3.05) is 0 Å². The second-order valence-corrected chi connectivity index (χ2v) is 1.41. The van der Waals surface area contributed by atoms with Crippen molar-refractivity contribution in [3.63, 3.8) is 0 Å². The van der Waals surface area contributed by atoms with Gasteiger partial charge in [-0.15, -0.1) is 0 Å². The molecule has 33 valence electrons. The van der Waals surface area contributed by atoms with E-state index in [0.29, 0.717) is 0 Å².